The zero-order chi connectivity index (χ0) is 29.5. The molecular formula is C33H36CrO6. The zero-order valence-electron chi connectivity index (χ0n) is 23.6. The van der Waals surface area contributed by atoms with Gasteiger partial charge in [-0.1, -0.05) is 91.0 Å². The minimum atomic E-state index is -0.119. The summed E-state index contributed by atoms with van der Waals surface area (Å²) in [5.41, 5.74) is 3.45. The summed E-state index contributed by atoms with van der Waals surface area (Å²) < 4.78 is 0. The molecule has 0 aliphatic rings. The Bertz CT molecular complexity index is 1170. The molecule has 210 valence electrons. The van der Waals surface area contributed by atoms with Crippen LogP contribution >= 0.6 is 0 Å². The first-order chi connectivity index (χ1) is 18.4. The van der Waals surface area contributed by atoms with E-state index >= 15 is 0 Å². The molecule has 0 atom stereocenters. The van der Waals surface area contributed by atoms with E-state index in [1.165, 1.54) is 41.5 Å². The third-order valence-electron chi connectivity index (χ3n) is 5.33. The third-order valence-corrected chi connectivity index (χ3v) is 5.33. The van der Waals surface area contributed by atoms with Gasteiger partial charge >= 0.3 is 0 Å². The van der Waals surface area contributed by atoms with Crippen LogP contribution in [0.25, 0.3) is 16.7 Å². The number of carbonyl (C=O) groups excluding carboxylic acids is 3. The molecule has 0 saturated carbocycles. The van der Waals surface area contributed by atoms with Gasteiger partial charge in [-0.15, -0.1) is 0 Å². The number of benzene rings is 3. The molecule has 0 heterocycles. The van der Waals surface area contributed by atoms with Crippen LogP contribution in [0.2, 0.25) is 0 Å². The number of aliphatic hydroxyl groups is 3. The van der Waals surface area contributed by atoms with E-state index in [1.807, 2.05) is 54.6 Å². The second kappa shape index (κ2) is 18.2. The van der Waals surface area contributed by atoms with Gasteiger partial charge in [-0.05, 0) is 58.2 Å². The fourth-order valence-corrected chi connectivity index (χ4v) is 3.82. The molecule has 0 aliphatic carbocycles. The standard InChI is InChI=1S/3C11H12O2.Cr/c3*1-8(12)11(9(2)13)10-6-4-3-5-7-10;/h3*3-7,12H,1-2H3;/b3*11-8+;. The largest absolute Gasteiger partial charge is 0.512 e. The summed E-state index contributed by atoms with van der Waals surface area (Å²) in [5, 5.41) is 27.9. The molecule has 3 aromatic rings. The van der Waals surface area contributed by atoms with E-state index in [9.17, 15) is 29.7 Å². The molecule has 3 aromatic carbocycles. The van der Waals surface area contributed by atoms with Crippen LogP contribution in [-0.4, -0.2) is 32.7 Å². The summed E-state index contributed by atoms with van der Waals surface area (Å²) in [4.78, 5) is 33.5. The number of rotatable bonds is 6. The van der Waals surface area contributed by atoms with Crippen LogP contribution in [0.4, 0.5) is 0 Å². The van der Waals surface area contributed by atoms with Gasteiger partial charge in [0, 0.05) is 17.4 Å². The minimum absolute atomic E-state index is 0. The van der Waals surface area contributed by atoms with E-state index in [-0.39, 0.29) is 52.0 Å². The van der Waals surface area contributed by atoms with Gasteiger partial charge in [0.05, 0.1) is 16.7 Å². The average molecular weight is 581 g/mol. The molecular weight excluding hydrogens is 544 g/mol. The molecule has 0 aromatic heterocycles. The Morgan fingerprint density at radius 2 is 0.575 bits per heavy atom. The molecule has 3 N–H and O–H groups in total. The van der Waals surface area contributed by atoms with E-state index in [4.69, 9.17) is 0 Å². The Balaban J connectivity index is 0.000000563. The van der Waals surface area contributed by atoms with Crippen LogP contribution in [0.5, 0.6) is 0 Å². The molecule has 0 saturated heterocycles. The van der Waals surface area contributed by atoms with E-state index in [0.29, 0.717) is 16.7 Å². The quantitative estimate of drug-likeness (QED) is 0.204. The molecule has 6 nitrogen and oxygen atoms in total. The van der Waals surface area contributed by atoms with Crippen molar-refractivity contribution in [3.8, 4) is 0 Å². The van der Waals surface area contributed by atoms with Crippen LogP contribution in [0.15, 0.2) is 108 Å². The predicted molar refractivity (Wildman–Crippen MR) is 157 cm³/mol. The van der Waals surface area contributed by atoms with Gasteiger partial charge in [-0.3, -0.25) is 14.4 Å². The van der Waals surface area contributed by atoms with Crippen molar-refractivity contribution >= 4 is 34.1 Å². The van der Waals surface area contributed by atoms with Crippen molar-refractivity contribution in [3.63, 3.8) is 0 Å². The second-order valence-corrected chi connectivity index (χ2v) is 8.65. The first-order valence-electron chi connectivity index (χ1n) is 12.3. The van der Waals surface area contributed by atoms with E-state index in [1.54, 1.807) is 36.4 Å². The predicted octanol–water partition coefficient (Wildman–Crippen LogP) is 7.69. The van der Waals surface area contributed by atoms with Crippen LogP contribution in [0, 0.1) is 0 Å². The fourth-order valence-electron chi connectivity index (χ4n) is 3.82. The van der Waals surface area contributed by atoms with Crippen LogP contribution < -0.4 is 0 Å². The monoisotopic (exact) mass is 580 g/mol. The summed E-state index contributed by atoms with van der Waals surface area (Å²) >= 11 is 0. The summed E-state index contributed by atoms with van der Waals surface area (Å²) in [7, 11) is 0. The van der Waals surface area contributed by atoms with Crippen molar-refractivity contribution < 1.29 is 47.1 Å². The maximum absolute atomic E-state index is 11.2. The smallest absolute Gasteiger partial charge is 0.163 e. The van der Waals surface area contributed by atoms with Crippen molar-refractivity contribution in [2.75, 3.05) is 0 Å². The van der Waals surface area contributed by atoms with E-state index < -0.39 is 0 Å². The van der Waals surface area contributed by atoms with Gasteiger partial charge in [0.25, 0.3) is 0 Å². The Labute approximate surface area is 247 Å². The normalized spacial score (nSPS) is 11.8. The maximum atomic E-state index is 11.2. The molecule has 0 aliphatic heterocycles. The molecule has 40 heavy (non-hydrogen) atoms. The Hall–Kier alpha value is -4.18. The second-order valence-electron chi connectivity index (χ2n) is 8.65. The molecule has 0 bridgehead atoms. The fraction of sp³-hybridized carbons (Fsp3) is 0.182. The minimum Gasteiger partial charge on any atom is -0.512 e. The average Bonchev–Trinajstić information content (AvgIpc) is 2.85. The number of ketones is 3. The number of hydrogen-bond donors (Lipinski definition) is 3. The molecule has 0 amide bonds. The Morgan fingerprint density at radius 1 is 0.400 bits per heavy atom. The summed E-state index contributed by atoms with van der Waals surface area (Å²) in [6.07, 6.45) is 0. The van der Waals surface area contributed by atoms with Gasteiger partial charge in [-0.2, -0.15) is 0 Å². The number of aliphatic hydroxyl groups excluding tert-OH is 3. The van der Waals surface area contributed by atoms with Gasteiger partial charge in [-0.25, -0.2) is 0 Å². The van der Waals surface area contributed by atoms with Crippen molar-refractivity contribution in [1.29, 1.82) is 0 Å². The Kier molecular flexibility index (Phi) is 16.3. The summed E-state index contributed by atoms with van der Waals surface area (Å²) in [6, 6.07) is 27.4. The van der Waals surface area contributed by atoms with E-state index in [0.717, 1.165) is 16.7 Å². The molecule has 0 fully saturated rings. The number of carbonyl (C=O) groups is 3. The first kappa shape index (κ1) is 35.8. The van der Waals surface area contributed by atoms with Crippen LogP contribution in [0.3, 0.4) is 0 Å². The summed E-state index contributed by atoms with van der Waals surface area (Å²) in [5.74, 6) is -0.153. The SMILES string of the molecule is CC(=O)/C(=C(/C)O)c1ccccc1.CC(=O)/C(=C(/C)O)c1ccccc1.CC(=O)/C(=C(/C)O)c1ccccc1.[Cr]. The van der Waals surface area contributed by atoms with E-state index in [2.05, 4.69) is 0 Å². The first-order valence-corrected chi connectivity index (χ1v) is 12.3. The maximum Gasteiger partial charge on any atom is 0.163 e. The number of Topliss-reactive ketones (excluding diaryl/α,β-unsaturated/α-hetero) is 3. The molecule has 7 heteroatoms. The van der Waals surface area contributed by atoms with Crippen molar-refractivity contribution in [3.05, 3.63) is 125 Å². The summed E-state index contributed by atoms with van der Waals surface area (Å²) in [6.45, 7) is 8.89. The van der Waals surface area contributed by atoms with Gasteiger partial charge in [0.2, 0.25) is 0 Å². The van der Waals surface area contributed by atoms with Gasteiger partial charge < -0.3 is 15.3 Å². The molecule has 0 spiro atoms. The van der Waals surface area contributed by atoms with Crippen molar-refractivity contribution in [2.24, 2.45) is 0 Å². The number of allylic oxidation sites excluding steroid dienone is 6. The molecule has 0 radical (unpaired) electrons. The zero-order valence-corrected chi connectivity index (χ0v) is 24.9. The topological polar surface area (TPSA) is 112 Å². The molecule has 0 unspecified atom stereocenters. The van der Waals surface area contributed by atoms with Gasteiger partial charge in [0.1, 0.15) is 17.3 Å². The number of hydrogen-bond acceptors (Lipinski definition) is 6. The van der Waals surface area contributed by atoms with Crippen molar-refractivity contribution in [2.45, 2.75) is 41.5 Å². The van der Waals surface area contributed by atoms with Crippen LogP contribution in [-0.2, 0) is 31.7 Å². The van der Waals surface area contributed by atoms with Crippen LogP contribution in [0.1, 0.15) is 58.2 Å². The molecule has 3 rings (SSSR count). The Morgan fingerprint density at radius 3 is 0.700 bits per heavy atom. The van der Waals surface area contributed by atoms with Crippen molar-refractivity contribution in [1.82, 2.24) is 0 Å². The van der Waals surface area contributed by atoms with Gasteiger partial charge in [0.15, 0.2) is 17.3 Å². The third kappa shape index (κ3) is 11.7.